The van der Waals surface area contributed by atoms with Gasteiger partial charge in [0.15, 0.2) is 0 Å². The molecule has 5 nitrogen and oxygen atoms in total. The Morgan fingerprint density at radius 1 is 1.30 bits per heavy atom. The second-order valence-electron chi connectivity index (χ2n) is 9.20. The fourth-order valence-electron chi connectivity index (χ4n) is 5.63. The summed E-state index contributed by atoms with van der Waals surface area (Å²) in [5.74, 6) is -2.49. The molecular weight excluding hydrogens is 388 g/mol. The van der Waals surface area contributed by atoms with Crippen LogP contribution in [0.5, 0.6) is 0 Å². The number of carboxylic acids is 1. The Morgan fingerprint density at radius 3 is 2.53 bits per heavy atom. The van der Waals surface area contributed by atoms with Gasteiger partial charge in [-0.15, -0.1) is 0 Å². The molecule has 1 atom stereocenters. The predicted octanol–water partition coefficient (Wildman–Crippen LogP) is 4.92. The number of carboxylic acid groups (broad SMARTS) is 1. The van der Waals surface area contributed by atoms with Gasteiger partial charge in [-0.25, -0.2) is 18.6 Å². The number of likely N-dealkylation sites (tertiary alicyclic amines) is 1. The number of halogens is 2. The Labute approximate surface area is 176 Å². The van der Waals surface area contributed by atoms with Crippen molar-refractivity contribution in [1.29, 1.82) is 0 Å². The first-order valence-corrected chi connectivity index (χ1v) is 11.0. The van der Waals surface area contributed by atoms with Crippen molar-refractivity contribution in [1.82, 2.24) is 14.5 Å². The van der Waals surface area contributed by atoms with Gasteiger partial charge in [0.05, 0.1) is 18.7 Å². The minimum Gasteiger partial charge on any atom is -0.478 e. The molecule has 1 aliphatic carbocycles. The Kier molecular flexibility index (Phi) is 5.60. The Morgan fingerprint density at radius 2 is 1.97 bits per heavy atom. The molecule has 7 heteroatoms. The topological polar surface area (TPSA) is 58.4 Å². The summed E-state index contributed by atoms with van der Waals surface area (Å²) >= 11 is 0. The highest BCUT2D eigenvalue weighted by Gasteiger charge is 2.44. The number of hydrogen-bond acceptors (Lipinski definition) is 3. The molecule has 2 aromatic heterocycles. The third-order valence-corrected chi connectivity index (χ3v) is 7.22. The van der Waals surface area contributed by atoms with Crippen LogP contribution in [-0.2, 0) is 6.42 Å². The van der Waals surface area contributed by atoms with Gasteiger partial charge in [0.2, 0.25) is 0 Å². The lowest BCUT2D eigenvalue weighted by Gasteiger charge is -2.42. The van der Waals surface area contributed by atoms with Crippen molar-refractivity contribution >= 4 is 17.0 Å². The second kappa shape index (κ2) is 7.91. The summed E-state index contributed by atoms with van der Waals surface area (Å²) in [6.07, 6.45) is 6.67. The SMILES string of the molecule is CCc1ccnc2c1c(C(=O)O)c(C)n2[C@H](C)C1CCC(CN2CC(F)(F)C2)CC1. The highest BCUT2D eigenvalue weighted by Crippen LogP contribution is 2.40. The van der Waals surface area contributed by atoms with Gasteiger partial charge in [0.1, 0.15) is 5.65 Å². The van der Waals surface area contributed by atoms with E-state index in [1.54, 1.807) is 6.20 Å². The standard InChI is InChI=1S/C23H31F2N3O2/c1-4-17-9-10-26-21-20(17)19(22(29)30)15(3)28(21)14(2)18-7-5-16(6-8-18)11-27-12-23(24,25)13-27/h9-10,14,16,18H,4-8,11-13H2,1-3H3,(H,29,30)/t14-,16?,18?/m1/s1. The molecule has 0 bridgehead atoms. The summed E-state index contributed by atoms with van der Waals surface area (Å²) < 4.78 is 28.3. The molecule has 4 rings (SSSR count). The van der Waals surface area contributed by atoms with Crippen LogP contribution in [0.4, 0.5) is 8.78 Å². The van der Waals surface area contributed by atoms with E-state index < -0.39 is 11.9 Å². The third kappa shape index (κ3) is 3.72. The number of aryl methyl sites for hydroxylation is 1. The van der Waals surface area contributed by atoms with Crippen LogP contribution >= 0.6 is 0 Å². The minimum atomic E-state index is -2.50. The minimum absolute atomic E-state index is 0.0960. The second-order valence-corrected chi connectivity index (χ2v) is 9.20. The number of aromatic carboxylic acids is 1. The van der Waals surface area contributed by atoms with Crippen molar-refractivity contribution < 1.29 is 18.7 Å². The van der Waals surface area contributed by atoms with E-state index in [9.17, 15) is 18.7 Å². The van der Waals surface area contributed by atoms with E-state index in [0.29, 0.717) is 17.4 Å². The first-order chi connectivity index (χ1) is 14.2. The zero-order valence-electron chi connectivity index (χ0n) is 18.0. The Bertz CT molecular complexity index is 940. The smallest absolute Gasteiger partial charge is 0.338 e. The van der Waals surface area contributed by atoms with E-state index in [4.69, 9.17) is 0 Å². The molecule has 164 valence electrons. The molecule has 0 radical (unpaired) electrons. The number of alkyl halides is 2. The largest absolute Gasteiger partial charge is 0.478 e. The van der Waals surface area contributed by atoms with Crippen molar-refractivity contribution in [2.24, 2.45) is 11.8 Å². The van der Waals surface area contributed by atoms with Crippen molar-refractivity contribution in [3.63, 3.8) is 0 Å². The van der Waals surface area contributed by atoms with Gasteiger partial charge in [-0.1, -0.05) is 6.92 Å². The maximum atomic E-state index is 13.1. The molecule has 3 heterocycles. The van der Waals surface area contributed by atoms with E-state index >= 15 is 0 Å². The van der Waals surface area contributed by atoms with Crippen molar-refractivity contribution in [3.05, 3.63) is 29.1 Å². The lowest BCUT2D eigenvalue weighted by molar-refractivity contribution is -0.135. The lowest BCUT2D eigenvalue weighted by atomic mass is 9.78. The summed E-state index contributed by atoms with van der Waals surface area (Å²) in [6.45, 7) is 6.66. The average Bonchev–Trinajstić information content (AvgIpc) is 2.98. The fraction of sp³-hybridized carbons (Fsp3) is 0.652. The molecule has 2 aliphatic rings. The first-order valence-electron chi connectivity index (χ1n) is 11.0. The molecule has 0 spiro atoms. The fourth-order valence-corrected chi connectivity index (χ4v) is 5.63. The Hall–Kier alpha value is -2.02. The van der Waals surface area contributed by atoms with Crippen molar-refractivity contribution in [3.8, 4) is 0 Å². The normalized spacial score (nSPS) is 25.2. The number of fused-ring (bicyclic) bond motifs is 1. The number of aromatic nitrogens is 2. The van der Waals surface area contributed by atoms with E-state index in [1.807, 2.05) is 24.8 Å². The summed E-state index contributed by atoms with van der Waals surface area (Å²) in [6, 6.07) is 2.06. The van der Waals surface area contributed by atoms with Crippen LogP contribution in [0.3, 0.4) is 0 Å². The van der Waals surface area contributed by atoms with Gasteiger partial charge in [0.25, 0.3) is 5.92 Å². The monoisotopic (exact) mass is 419 g/mol. The third-order valence-electron chi connectivity index (χ3n) is 7.22. The summed E-state index contributed by atoms with van der Waals surface area (Å²) in [7, 11) is 0. The van der Waals surface area contributed by atoms with Crippen LogP contribution in [0.25, 0.3) is 11.0 Å². The van der Waals surface area contributed by atoms with E-state index in [-0.39, 0.29) is 19.1 Å². The van der Waals surface area contributed by atoms with Gasteiger partial charge in [-0.05, 0) is 69.4 Å². The number of pyridine rings is 1. The zero-order chi connectivity index (χ0) is 21.6. The number of nitrogens with zero attached hydrogens (tertiary/aromatic N) is 3. The number of rotatable bonds is 6. The quantitative estimate of drug-likeness (QED) is 0.722. The van der Waals surface area contributed by atoms with Crippen LogP contribution < -0.4 is 0 Å². The predicted molar refractivity (Wildman–Crippen MR) is 112 cm³/mol. The van der Waals surface area contributed by atoms with E-state index in [2.05, 4.69) is 16.5 Å². The van der Waals surface area contributed by atoms with Crippen LogP contribution in [-0.4, -0.2) is 51.1 Å². The van der Waals surface area contributed by atoms with Gasteiger partial charge in [0, 0.05) is 29.9 Å². The van der Waals surface area contributed by atoms with E-state index in [0.717, 1.165) is 60.9 Å². The molecule has 0 unspecified atom stereocenters. The average molecular weight is 420 g/mol. The van der Waals surface area contributed by atoms with Crippen LogP contribution in [0.2, 0.25) is 0 Å². The molecule has 2 fully saturated rings. The molecule has 1 saturated heterocycles. The van der Waals surface area contributed by atoms with Crippen molar-refractivity contribution in [2.45, 2.75) is 64.8 Å². The van der Waals surface area contributed by atoms with Crippen LogP contribution in [0.15, 0.2) is 12.3 Å². The molecule has 1 saturated carbocycles. The summed E-state index contributed by atoms with van der Waals surface area (Å²) in [4.78, 5) is 18.5. The van der Waals surface area contributed by atoms with E-state index in [1.165, 1.54) is 0 Å². The van der Waals surface area contributed by atoms with Gasteiger partial charge in [-0.2, -0.15) is 0 Å². The highest BCUT2D eigenvalue weighted by molar-refractivity contribution is 6.05. The zero-order valence-corrected chi connectivity index (χ0v) is 18.0. The van der Waals surface area contributed by atoms with Crippen molar-refractivity contribution in [2.75, 3.05) is 19.6 Å². The first kappa shape index (κ1) is 21.2. The summed E-state index contributed by atoms with van der Waals surface area (Å²) in [5, 5.41) is 10.6. The molecule has 30 heavy (non-hydrogen) atoms. The maximum Gasteiger partial charge on any atom is 0.338 e. The van der Waals surface area contributed by atoms with Crippen LogP contribution in [0.1, 0.15) is 67.2 Å². The Balaban J connectivity index is 1.52. The van der Waals surface area contributed by atoms with Gasteiger partial charge >= 0.3 is 5.97 Å². The molecule has 0 amide bonds. The summed E-state index contributed by atoms with van der Waals surface area (Å²) in [5.41, 5.74) is 2.92. The molecule has 1 N–H and O–H groups in total. The molecule has 2 aromatic rings. The maximum absolute atomic E-state index is 13.1. The highest BCUT2D eigenvalue weighted by atomic mass is 19.3. The molecule has 1 aliphatic heterocycles. The lowest BCUT2D eigenvalue weighted by Crippen LogP contribution is -2.57. The van der Waals surface area contributed by atoms with Gasteiger partial charge < -0.3 is 9.67 Å². The number of carbonyl (C=O) groups is 1. The number of hydrogen-bond donors (Lipinski definition) is 1. The molecule has 0 aromatic carbocycles. The molecular formula is C23H31F2N3O2. The van der Waals surface area contributed by atoms with Crippen LogP contribution in [0, 0.1) is 18.8 Å². The van der Waals surface area contributed by atoms with Gasteiger partial charge in [-0.3, -0.25) is 4.90 Å².